The van der Waals surface area contributed by atoms with Crippen LogP contribution in [0.15, 0.2) is 70.5 Å². The van der Waals surface area contributed by atoms with Gasteiger partial charge < -0.3 is 0 Å². The van der Waals surface area contributed by atoms with Gasteiger partial charge in [0.1, 0.15) is 0 Å². The lowest BCUT2D eigenvalue weighted by Crippen LogP contribution is -2.35. The first-order chi connectivity index (χ1) is 13.5. The number of urea groups is 1. The summed E-state index contributed by atoms with van der Waals surface area (Å²) in [7, 11) is -9.34. The largest absolute Gasteiger partial charge is 0.350 e. The highest BCUT2D eigenvalue weighted by molar-refractivity contribution is 7.86. The highest BCUT2D eigenvalue weighted by Crippen LogP contribution is 2.36. The standard InChI is InChI=1S/C17H14N2O8S2/c20-17(18-21)19(12-4-2-1-3-5-12)16-10-14(29(25,26)27)9-11-8-13(28(22,23)24)6-7-15(11)16/h1-10,21H,(H,18,20)(H,22,23,24)(H,25,26,27). The first-order valence-corrected chi connectivity index (χ1v) is 10.7. The van der Waals surface area contributed by atoms with Crippen molar-refractivity contribution in [2.24, 2.45) is 0 Å². The molecule has 0 radical (unpaired) electrons. The van der Waals surface area contributed by atoms with Crippen molar-refractivity contribution in [3.05, 3.63) is 60.7 Å². The number of nitrogens with one attached hydrogen (secondary N) is 1. The van der Waals surface area contributed by atoms with Crippen LogP contribution in [0.3, 0.4) is 0 Å². The second kappa shape index (κ2) is 7.42. The van der Waals surface area contributed by atoms with Gasteiger partial charge in [0.05, 0.1) is 21.2 Å². The van der Waals surface area contributed by atoms with E-state index < -0.39 is 36.1 Å². The molecule has 0 unspecified atom stereocenters. The number of hydroxylamine groups is 1. The van der Waals surface area contributed by atoms with Crippen molar-refractivity contribution in [1.29, 1.82) is 0 Å². The third-order valence-corrected chi connectivity index (χ3v) is 5.71. The molecule has 12 heteroatoms. The van der Waals surface area contributed by atoms with E-state index >= 15 is 0 Å². The number of fused-ring (bicyclic) bond motifs is 1. The van der Waals surface area contributed by atoms with Crippen LogP contribution in [0.2, 0.25) is 0 Å². The van der Waals surface area contributed by atoms with Gasteiger partial charge in [-0.25, -0.2) is 10.3 Å². The van der Waals surface area contributed by atoms with Crippen molar-refractivity contribution in [3.8, 4) is 0 Å². The highest BCUT2D eigenvalue weighted by Gasteiger charge is 2.24. The molecule has 0 aliphatic rings. The molecule has 0 spiro atoms. The Kier molecular flexibility index (Phi) is 5.30. The predicted molar refractivity (Wildman–Crippen MR) is 102 cm³/mol. The van der Waals surface area contributed by atoms with Crippen molar-refractivity contribution in [2.45, 2.75) is 9.79 Å². The van der Waals surface area contributed by atoms with Crippen LogP contribution in [0.1, 0.15) is 0 Å². The van der Waals surface area contributed by atoms with Gasteiger partial charge in [-0.1, -0.05) is 24.3 Å². The molecule has 29 heavy (non-hydrogen) atoms. The van der Waals surface area contributed by atoms with Crippen molar-refractivity contribution in [2.75, 3.05) is 4.90 Å². The second-order valence-electron chi connectivity index (χ2n) is 5.86. The first kappa shape index (κ1) is 20.7. The normalized spacial score (nSPS) is 12.0. The fourth-order valence-electron chi connectivity index (χ4n) is 2.79. The second-order valence-corrected chi connectivity index (χ2v) is 8.71. The zero-order valence-electron chi connectivity index (χ0n) is 14.4. The Labute approximate surface area is 165 Å². The number of amides is 2. The Balaban J connectivity index is 2.42. The third kappa shape index (κ3) is 4.21. The van der Waals surface area contributed by atoms with E-state index in [1.54, 1.807) is 18.2 Å². The van der Waals surface area contributed by atoms with Gasteiger partial charge in [-0.3, -0.25) is 19.2 Å². The summed E-state index contributed by atoms with van der Waals surface area (Å²) in [5, 5.41) is 9.36. The molecule has 152 valence electrons. The third-order valence-electron chi connectivity index (χ3n) is 4.03. The van der Waals surface area contributed by atoms with Crippen LogP contribution < -0.4 is 10.4 Å². The number of rotatable bonds is 4. The number of carbonyl (C=O) groups excluding carboxylic acids is 1. The van der Waals surface area contributed by atoms with Crippen molar-refractivity contribution < 1.29 is 35.9 Å². The molecule has 10 nitrogen and oxygen atoms in total. The Morgan fingerprint density at radius 2 is 1.41 bits per heavy atom. The minimum Gasteiger partial charge on any atom is -0.287 e. The molecular weight excluding hydrogens is 424 g/mol. The van der Waals surface area contributed by atoms with Crippen LogP contribution in [0.25, 0.3) is 10.8 Å². The van der Waals surface area contributed by atoms with Crippen LogP contribution in [-0.2, 0) is 20.2 Å². The molecule has 0 saturated carbocycles. The molecule has 0 heterocycles. The highest BCUT2D eigenvalue weighted by atomic mass is 32.2. The van der Waals surface area contributed by atoms with Crippen LogP contribution >= 0.6 is 0 Å². The number of hydrogen-bond donors (Lipinski definition) is 4. The molecule has 0 atom stereocenters. The summed E-state index contributed by atoms with van der Waals surface area (Å²) >= 11 is 0. The summed E-state index contributed by atoms with van der Waals surface area (Å²) in [5.74, 6) is 0. The van der Waals surface area contributed by atoms with Gasteiger partial charge >= 0.3 is 6.03 Å². The molecule has 0 aromatic heterocycles. The average Bonchev–Trinajstić information content (AvgIpc) is 2.66. The minimum atomic E-state index is -4.75. The van der Waals surface area contributed by atoms with Crippen LogP contribution in [-0.4, -0.2) is 37.2 Å². The molecule has 3 aromatic carbocycles. The minimum absolute atomic E-state index is 0.00285. The van der Waals surface area contributed by atoms with E-state index in [1.807, 2.05) is 0 Å². The summed E-state index contributed by atoms with van der Waals surface area (Å²) < 4.78 is 65.1. The molecule has 0 aliphatic carbocycles. The maximum atomic E-state index is 12.4. The topological polar surface area (TPSA) is 161 Å². The maximum absolute atomic E-state index is 12.4. The maximum Gasteiger partial charge on any atom is 0.350 e. The molecule has 2 amide bonds. The number of nitrogens with zero attached hydrogens (tertiary/aromatic N) is 1. The van der Waals surface area contributed by atoms with E-state index in [0.29, 0.717) is 0 Å². The Morgan fingerprint density at radius 3 is 1.97 bits per heavy atom. The lowest BCUT2D eigenvalue weighted by atomic mass is 10.1. The number of anilines is 2. The number of carbonyl (C=O) groups is 1. The van der Waals surface area contributed by atoms with E-state index in [-0.39, 0.29) is 22.1 Å². The zero-order chi connectivity index (χ0) is 21.4. The summed E-state index contributed by atoms with van der Waals surface area (Å²) in [6, 6.07) is 12.1. The van der Waals surface area contributed by atoms with Crippen LogP contribution in [0, 0.1) is 0 Å². The van der Waals surface area contributed by atoms with Crippen LogP contribution in [0.5, 0.6) is 0 Å². The van der Waals surface area contributed by atoms with Gasteiger partial charge in [-0.2, -0.15) is 16.8 Å². The average molecular weight is 438 g/mol. The molecule has 4 N–H and O–H groups in total. The number of benzene rings is 3. The SMILES string of the molecule is O=C(NO)N(c1ccccc1)c1cc(S(=O)(=O)O)cc2cc(S(=O)(=O)O)ccc12. The quantitative estimate of drug-likeness (QED) is 0.274. The molecule has 3 rings (SSSR count). The van der Waals surface area contributed by atoms with Gasteiger partial charge in [0.2, 0.25) is 0 Å². The van der Waals surface area contributed by atoms with Gasteiger partial charge in [0.15, 0.2) is 0 Å². The van der Waals surface area contributed by atoms with Crippen molar-refractivity contribution >= 4 is 48.4 Å². The Morgan fingerprint density at radius 1 is 0.828 bits per heavy atom. The zero-order valence-corrected chi connectivity index (χ0v) is 16.1. The Bertz CT molecular complexity index is 1300. The molecule has 0 saturated heterocycles. The van der Waals surface area contributed by atoms with E-state index in [2.05, 4.69) is 0 Å². The number of para-hydroxylation sites is 1. The van der Waals surface area contributed by atoms with Crippen molar-refractivity contribution in [3.63, 3.8) is 0 Å². The molecule has 0 aliphatic heterocycles. The lowest BCUT2D eigenvalue weighted by molar-refractivity contribution is 0.168. The molecule has 3 aromatic rings. The molecule has 0 fully saturated rings. The van der Waals surface area contributed by atoms with Gasteiger partial charge in [-0.05, 0) is 41.8 Å². The van der Waals surface area contributed by atoms with E-state index in [0.717, 1.165) is 29.2 Å². The summed E-state index contributed by atoms with van der Waals surface area (Å²) in [5.41, 5.74) is 1.63. The lowest BCUT2D eigenvalue weighted by Gasteiger charge is -2.24. The van der Waals surface area contributed by atoms with Gasteiger partial charge in [0, 0.05) is 5.39 Å². The predicted octanol–water partition coefficient (Wildman–Crippen LogP) is 2.57. The number of hydrogen-bond acceptors (Lipinski definition) is 6. The fourth-order valence-corrected chi connectivity index (χ4v) is 3.84. The first-order valence-electron chi connectivity index (χ1n) is 7.84. The summed E-state index contributed by atoms with van der Waals surface area (Å²) in [6.45, 7) is 0. The van der Waals surface area contributed by atoms with Crippen molar-refractivity contribution in [1.82, 2.24) is 5.48 Å². The Hall–Kier alpha value is -3.03. The van der Waals surface area contributed by atoms with Gasteiger partial charge in [-0.15, -0.1) is 0 Å². The van der Waals surface area contributed by atoms with Crippen LogP contribution in [0.4, 0.5) is 16.2 Å². The van der Waals surface area contributed by atoms with E-state index in [4.69, 9.17) is 5.21 Å². The van der Waals surface area contributed by atoms with Gasteiger partial charge in [0.25, 0.3) is 20.2 Å². The summed E-state index contributed by atoms with van der Waals surface area (Å²) in [4.78, 5) is 12.2. The molecular formula is C17H14N2O8S2. The summed E-state index contributed by atoms with van der Waals surface area (Å²) in [6.07, 6.45) is 0. The monoisotopic (exact) mass is 438 g/mol. The fraction of sp³-hybridized carbons (Fsp3) is 0. The molecule has 0 bridgehead atoms. The van der Waals surface area contributed by atoms with E-state index in [1.165, 1.54) is 23.7 Å². The van der Waals surface area contributed by atoms with E-state index in [9.17, 15) is 30.7 Å². The smallest absolute Gasteiger partial charge is 0.287 e.